The predicted molar refractivity (Wildman–Crippen MR) is 110 cm³/mol. The third-order valence-corrected chi connectivity index (χ3v) is 3.49. The molecule has 0 saturated heterocycles. The molecule has 0 atom stereocenters. The van der Waals surface area contributed by atoms with Crippen LogP contribution in [0, 0.1) is 13.8 Å². The van der Waals surface area contributed by atoms with Crippen LogP contribution in [-0.2, 0) is 4.57 Å². The largest absolute Gasteiger partial charge is 0.378 e. The zero-order valence-corrected chi connectivity index (χ0v) is 17.9. The fraction of sp³-hybridized carbons (Fsp3) is 0.125. The molecule has 2 heterocycles. The van der Waals surface area contributed by atoms with Gasteiger partial charge in [0.1, 0.15) is 0 Å². The number of fused-ring (bicyclic) bond motifs is 2. The normalized spacial score (nSPS) is 10.9. The number of rotatable bonds is 0. The molecule has 0 amide bonds. The summed E-state index contributed by atoms with van der Waals surface area (Å²) in [6.45, 7) is 3.94. The second-order valence-electron chi connectivity index (χ2n) is 5.40. The fourth-order valence-electron chi connectivity index (χ4n) is 2.09. The molecule has 11 heteroatoms. The Labute approximate surface area is 173 Å². The molecule has 1 N–H and O–H groups in total. The number of benzene rings is 2. The van der Waals surface area contributed by atoms with E-state index in [1.54, 1.807) is 12.1 Å². The van der Waals surface area contributed by atoms with Crippen LogP contribution < -0.4 is 5.56 Å². The monoisotopic (exact) mass is 468 g/mol. The summed E-state index contributed by atoms with van der Waals surface area (Å²) in [5.74, 6) is 0. The van der Waals surface area contributed by atoms with Gasteiger partial charge in [-0.25, -0.2) is 0 Å². The zero-order chi connectivity index (χ0) is 20.2. The molecule has 27 heavy (non-hydrogen) atoms. The van der Waals surface area contributed by atoms with Gasteiger partial charge in [0, 0.05) is 0 Å². The molecule has 4 rings (SSSR count). The van der Waals surface area contributed by atoms with E-state index < -0.39 is 5.20 Å². The summed E-state index contributed by atoms with van der Waals surface area (Å²) in [6.07, 6.45) is 0. The number of nitrogens with one attached hydrogen (secondary N) is 1. The molecule has 2 aromatic heterocycles. The molecule has 144 valence electrons. The lowest BCUT2D eigenvalue weighted by Crippen LogP contribution is -1.96. The minimum Gasteiger partial charge on any atom is -0.378 e. The number of aryl methyl sites for hydroxylation is 2. The highest BCUT2D eigenvalue weighted by Gasteiger charge is 2.04. The van der Waals surface area contributed by atoms with E-state index in [0.717, 1.165) is 22.1 Å². The van der Waals surface area contributed by atoms with Crippen molar-refractivity contribution in [1.29, 1.82) is 0 Å². The van der Waals surface area contributed by atoms with Crippen LogP contribution in [0.15, 0.2) is 50.2 Å². The molecule has 0 bridgehead atoms. The standard InChI is InChI=1S/C8H6ClNO.C8H7NO2.Cl3OP/c1-5-2-3-7-6(4-5)8(9)10-11-7;1-5-2-3-7-6(4-5)8(10)9-11-7;1-5(2,3)4/h2-4H,1H3;2-4H,1H3,(H,9,10);. The van der Waals surface area contributed by atoms with Crippen LogP contribution in [-0.4, -0.2) is 10.3 Å². The van der Waals surface area contributed by atoms with Crippen LogP contribution in [0.25, 0.3) is 21.9 Å². The summed E-state index contributed by atoms with van der Waals surface area (Å²) < 4.78 is 19.3. The average Bonchev–Trinajstić information content (AvgIpc) is 3.10. The molecule has 2 aromatic carbocycles. The lowest BCUT2D eigenvalue weighted by atomic mass is 10.2. The van der Waals surface area contributed by atoms with Crippen molar-refractivity contribution < 1.29 is 13.6 Å². The lowest BCUT2D eigenvalue weighted by molar-refractivity contribution is 0.449. The minimum atomic E-state index is -3.22. The highest BCUT2D eigenvalue weighted by molar-refractivity contribution is 8.24. The van der Waals surface area contributed by atoms with Gasteiger partial charge in [0.2, 0.25) is 0 Å². The van der Waals surface area contributed by atoms with E-state index in [1.807, 2.05) is 38.1 Å². The van der Waals surface area contributed by atoms with Crippen molar-refractivity contribution in [3.05, 3.63) is 63.0 Å². The van der Waals surface area contributed by atoms with Crippen molar-refractivity contribution >= 4 is 72.5 Å². The number of hydrogen-bond acceptors (Lipinski definition) is 5. The molecule has 0 spiro atoms. The predicted octanol–water partition coefficient (Wildman–Crippen LogP) is 7.03. The number of hydrogen-bond donors (Lipinski definition) is 1. The quantitative estimate of drug-likeness (QED) is 0.279. The zero-order valence-electron chi connectivity index (χ0n) is 14.0. The smallest absolute Gasteiger partial charge is 0.339 e. The Bertz CT molecular complexity index is 1150. The fourth-order valence-corrected chi connectivity index (χ4v) is 2.27. The Kier molecular flexibility index (Phi) is 7.43. The van der Waals surface area contributed by atoms with Crippen LogP contribution in [0.2, 0.25) is 5.15 Å². The summed E-state index contributed by atoms with van der Waals surface area (Å²) in [4.78, 5) is 11.0. The summed E-state index contributed by atoms with van der Waals surface area (Å²) in [6, 6.07) is 11.3. The summed E-state index contributed by atoms with van der Waals surface area (Å²) in [7, 11) is 0. The first-order valence-corrected chi connectivity index (χ1v) is 12.1. The van der Waals surface area contributed by atoms with Crippen molar-refractivity contribution in [3.8, 4) is 0 Å². The number of H-pyrrole nitrogens is 1. The number of nitrogens with zero attached hydrogens (tertiary/aromatic N) is 1. The minimum absolute atomic E-state index is 0.163. The Hall–Kier alpha value is -1.43. The number of aromatic nitrogens is 2. The first-order chi connectivity index (χ1) is 12.5. The van der Waals surface area contributed by atoms with Gasteiger partial charge in [-0.05, 0) is 71.8 Å². The average molecular weight is 470 g/mol. The molecule has 0 saturated carbocycles. The first-order valence-electron chi connectivity index (χ1n) is 7.33. The third kappa shape index (κ3) is 6.91. The molecule has 6 nitrogen and oxygen atoms in total. The highest BCUT2D eigenvalue weighted by atomic mass is 36.0. The lowest BCUT2D eigenvalue weighted by Gasteiger charge is -1.88. The molecule has 0 aliphatic rings. The van der Waals surface area contributed by atoms with Crippen molar-refractivity contribution in [2.75, 3.05) is 0 Å². The maximum Gasteiger partial charge on any atom is 0.339 e. The van der Waals surface area contributed by atoms with Crippen LogP contribution in [0.3, 0.4) is 0 Å². The third-order valence-electron chi connectivity index (χ3n) is 3.21. The van der Waals surface area contributed by atoms with Crippen molar-refractivity contribution in [3.63, 3.8) is 0 Å². The second-order valence-corrected chi connectivity index (χ2v) is 12.4. The molecule has 0 unspecified atom stereocenters. The Morgan fingerprint density at radius 2 is 1.48 bits per heavy atom. The van der Waals surface area contributed by atoms with Crippen molar-refractivity contribution in [1.82, 2.24) is 10.3 Å². The van der Waals surface area contributed by atoms with E-state index in [0.29, 0.717) is 16.1 Å². The summed E-state index contributed by atoms with van der Waals surface area (Å²) in [5, 5.41) is 4.61. The van der Waals surface area contributed by atoms with E-state index in [9.17, 15) is 9.36 Å². The Morgan fingerprint density at radius 1 is 0.963 bits per heavy atom. The van der Waals surface area contributed by atoms with Gasteiger partial charge >= 0.3 is 5.20 Å². The van der Waals surface area contributed by atoms with E-state index in [1.165, 1.54) is 0 Å². The summed E-state index contributed by atoms with van der Waals surface area (Å²) in [5.41, 5.74) is 3.40. The Morgan fingerprint density at radius 3 is 2.07 bits per heavy atom. The second kappa shape index (κ2) is 9.18. The molecule has 0 aliphatic heterocycles. The van der Waals surface area contributed by atoms with Crippen LogP contribution in [0.4, 0.5) is 0 Å². The van der Waals surface area contributed by atoms with E-state index in [4.69, 9.17) is 20.6 Å². The molecule has 0 fully saturated rings. The highest BCUT2D eigenvalue weighted by Crippen LogP contribution is 2.61. The molecule has 4 aromatic rings. The Balaban J connectivity index is 0.000000157. The van der Waals surface area contributed by atoms with Gasteiger partial charge in [-0.1, -0.05) is 40.0 Å². The van der Waals surface area contributed by atoms with Crippen LogP contribution in [0.5, 0.6) is 0 Å². The first kappa shape index (κ1) is 21.9. The van der Waals surface area contributed by atoms with Crippen LogP contribution >= 0.6 is 50.5 Å². The SMILES string of the molecule is Cc1ccc2o[nH]c(=O)c2c1.Cc1ccc2onc(Cl)c2c1.O=P(Cl)(Cl)Cl. The van der Waals surface area contributed by atoms with Gasteiger partial charge in [-0.15, -0.1) is 0 Å². The molecule has 0 aliphatic carbocycles. The van der Waals surface area contributed by atoms with Gasteiger partial charge in [0.25, 0.3) is 5.56 Å². The van der Waals surface area contributed by atoms with E-state index in [-0.39, 0.29) is 5.56 Å². The van der Waals surface area contributed by atoms with E-state index in [2.05, 4.69) is 44.0 Å². The van der Waals surface area contributed by atoms with Gasteiger partial charge in [0.15, 0.2) is 16.3 Å². The van der Waals surface area contributed by atoms with Crippen molar-refractivity contribution in [2.45, 2.75) is 13.8 Å². The molecule has 0 radical (unpaired) electrons. The van der Waals surface area contributed by atoms with E-state index >= 15 is 0 Å². The summed E-state index contributed by atoms with van der Waals surface area (Å²) >= 11 is 19.6. The van der Waals surface area contributed by atoms with Crippen LogP contribution in [0.1, 0.15) is 11.1 Å². The van der Waals surface area contributed by atoms with Gasteiger partial charge in [0.05, 0.1) is 10.8 Å². The molecular weight excluding hydrogens is 457 g/mol. The van der Waals surface area contributed by atoms with Gasteiger partial charge in [-0.3, -0.25) is 9.36 Å². The number of aromatic amines is 1. The van der Waals surface area contributed by atoms with Gasteiger partial charge < -0.3 is 9.05 Å². The number of halogens is 4. The van der Waals surface area contributed by atoms with Crippen molar-refractivity contribution in [2.24, 2.45) is 0 Å². The molecular formula is C16H13Cl4N2O4P. The van der Waals surface area contributed by atoms with Gasteiger partial charge in [-0.2, -0.15) is 5.16 Å². The maximum atomic E-state index is 11.0. The topological polar surface area (TPSA) is 89.1 Å². The maximum absolute atomic E-state index is 11.0.